The van der Waals surface area contributed by atoms with E-state index in [9.17, 15) is 9.36 Å². The third kappa shape index (κ3) is 3.86. The predicted molar refractivity (Wildman–Crippen MR) is 72.1 cm³/mol. The van der Waals surface area contributed by atoms with Crippen LogP contribution in [-0.4, -0.2) is 24.1 Å². The van der Waals surface area contributed by atoms with E-state index < -0.39 is 5.55 Å². The number of hydrogen-bond acceptors (Lipinski definition) is 5. The molecule has 0 aromatic heterocycles. The van der Waals surface area contributed by atoms with Gasteiger partial charge in [-0.3, -0.25) is 9.36 Å². The summed E-state index contributed by atoms with van der Waals surface area (Å²) in [5.41, 5.74) is -2.38. The summed E-state index contributed by atoms with van der Waals surface area (Å²) in [6, 6.07) is 0. The molecule has 0 spiro atoms. The Morgan fingerprint density at radius 2 is 2.00 bits per heavy atom. The van der Waals surface area contributed by atoms with Gasteiger partial charge in [0.15, 0.2) is 0 Å². The molecule has 0 aromatic rings. The fourth-order valence-corrected chi connectivity index (χ4v) is 10.5. The number of esters is 1. The lowest BCUT2D eigenvalue weighted by atomic mass is 10.3. The van der Waals surface area contributed by atoms with Crippen LogP contribution < -0.4 is 0 Å². The second kappa shape index (κ2) is 6.77. The zero-order chi connectivity index (χ0) is 12.0. The molecule has 0 radical (unpaired) electrons. The minimum Gasteiger partial charge on any atom is -0.466 e. The van der Waals surface area contributed by atoms with Crippen LogP contribution in [0.25, 0.3) is 0 Å². The van der Waals surface area contributed by atoms with Crippen molar-refractivity contribution in [1.82, 2.24) is 0 Å². The van der Waals surface area contributed by atoms with Gasteiger partial charge in [0.2, 0.25) is 5.55 Å². The third-order valence-corrected chi connectivity index (χ3v) is 11.2. The molecule has 1 aliphatic heterocycles. The van der Waals surface area contributed by atoms with Crippen molar-refractivity contribution in [2.75, 3.05) is 18.1 Å². The maximum absolute atomic E-state index is 12.5. The molecular weight excluding hydrogens is 263 g/mol. The van der Waals surface area contributed by atoms with Crippen LogP contribution in [0.15, 0.2) is 11.4 Å². The molecule has 3 nitrogen and oxygen atoms in total. The Morgan fingerprint density at radius 3 is 2.50 bits per heavy atom. The highest BCUT2D eigenvalue weighted by atomic mass is 33.1. The first kappa shape index (κ1) is 14.2. The molecule has 0 unspecified atom stereocenters. The van der Waals surface area contributed by atoms with Crippen LogP contribution in [0.2, 0.25) is 0 Å². The van der Waals surface area contributed by atoms with Crippen LogP contribution in [0.5, 0.6) is 0 Å². The Labute approximate surface area is 105 Å². The van der Waals surface area contributed by atoms with Crippen molar-refractivity contribution in [3.05, 3.63) is 11.4 Å². The van der Waals surface area contributed by atoms with Gasteiger partial charge < -0.3 is 4.74 Å². The quantitative estimate of drug-likeness (QED) is 0.564. The fourth-order valence-electron chi connectivity index (χ4n) is 1.39. The molecule has 0 amide bonds. The molecule has 1 rings (SSSR count). The molecule has 1 aliphatic rings. The van der Waals surface area contributed by atoms with Crippen molar-refractivity contribution in [3.63, 3.8) is 0 Å². The maximum Gasteiger partial charge on any atom is 0.310 e. The van der Waals surface area contributed by atoms with Gasteiger partial charge in [-0.25, -0.2) is 0 Å². The predicted octanol–water partition coefficient (Wildman–Crippen LogP) is 3.91. The highest BCUT2D eigenvalue weighted by molar-refractivity contribution is 8.93. The van der Waals surface area contributed by atoms with Crippen molar-refractivity contribution < 1.29 is 14.1 Å². The SMILES string of the molecule is CC/C=C(/CC(=O)OCC)P1(=O)SCCS1. The smallest absolute Gasteiger partial charge is 0.310 e. The van der Waals surface area contributed by atoms with Crippen LogP contribution in [0.1, 0.15) is 26.7 Å². The van der Waals surface area contributed by atoms with Crippen LogP contribution in [0, 0.1) is 0 Å². The van der Waals surface area contributed by atoms with Gasteiger partial charge in [0.05, 0.1) is 13.0 Å². The molecular formula is C10H17O3PS2. The summed E-state index contributed by atoms with van der Waals surface area (Å²) in [5.74, 6) is 1.54. The van der Waals surface area contributed by atoms with E-state index in [1.807, 2.05) is 13.0 Å². The van der Waals surface area contributed by atoms with Crippen molar-refractivity contribution in [2.24, 2.45) is 0 Å². The van der Waals surface area contributed by atoms with Gasteiger partial charge in [0.25, 0.3) is 0 Å². The van der Waals surface area contributed by atoms with Crippen LogP contribution >= 0.6 is 28.3 Å². The van der Waals surface area contributed by atoms with Crippen LogP contribution in [-0.2, 0) is 14.1 Å². The molecule has 0 saturated carbocycles. The van der Waals surface area contributed by atoms with Gasteiger partial charge in [-0.15, -0.1) is 0 Å². The summed E-state index contributed by atoms with van der Waals surface area (Å²) in [6.45, 7) is 4.15. The average Bonchev–Trinajstić information content (AvgIpc) is 2.66. The van der Waals surface area contributed by atoms with Crippen molar-refractivity contribution in [1.29, 1.82) is 0 Å². The molecule has 0 aliphatic carbocycles. The Hall–Kier alpha value is 0.140. The van der Waals surface area contributed by atoms with Gasteiger partial charge in [-0.2, -0.15) is 0 Å². The molecule has 0 aromatic carbocycles. The summed E-state index contributed by atoms with van der Waals surface area (Å²) in [5, 5.41) is 0.779. The first-order valence-corrected chi connectivity index (χ1v) is 10.3. The molecule has 1 fully saturated rings. The number of hydrogen-bond donors (Lipinski definition) is 0. The van der Waals surface area contributed by atoms with E-state index in [1.165, 1.54) is 22.8 Å². The molecule has 92 valence electrons. The van der Waals surface area contributed by atoms with Crippen molar-refractivity contribution in [3.8, 4) is 0 Å². The van der Waals surface area contributed by atoms with Gasteiger partial charge >= 0.3 is 5.97 Å². The van der Waals surface area contributed by atoms with E-state index in [-0.39, 0.29) is 12.4 Å². The lowest BCUT2D eigenvalue weighted by molar-refractivity contribution is -0.142. The lowest BCUT2D eigenvalue weighted by Crippen LogP contribution is -2.04. The average molecular weight is 280 g/mol. The van der Waals surface area contributed by atoms with E-state index in [2.05, 4.69) is 0 Å². The number of ether oxygens (including phenoxy) is 1. The Morgan fingerprint density at radius 1 is 1.38 bits per heavy atom. The summed E-state index contributed by atoms with van der Waals surface area (Å²) in [6.07, 6.45) is 2.90. The van der Waals surface area contributed by atoms with Crippen LogP contribution in [0.3, 0.4) is 0 Å². The first-order chi connectivity index (χ1) is 7.62. The van der Waals surface area contributed by atoms with E-state index >= 15 is 0 Å². The molecule has 0 atom stereocenters. The molecule has 0 bridgehead atoms. The first-order valence-electron chi connectivity index (χ1n) is 5.36. The van der Waals surface area contributed by atoms with E-state index in [0.29, 0.717) is 6.61 Å². The summed E-state index contributed by atoms with van der Waals surface area (Å²) >= 11 is 2.99. The monoisotopic (exact) mass is 280 g/mol. The normalized spacial score (nSPS) is 19.8. The highest BCUT2D eigenvalue weighted by Gasteiger charge is 2.34. The van der Waals surface area contributed by atoms with Gasteiger partial charge in [0.1, 0.15) is 0 Å². The zero-order valence-corrected chi connectivity index (χ0v) is 12.1. The van der Waals surface area contributed by atoms with E-state index in [0.717, 1.165) is 23.2 Å². The second-order valence-electron chi connectivity index (χ2n) is 3.25. The fraction of sp³-hybridized carbons (Fsp3) is 0.700. The minimum absolute atomic E-state index is 0.180. The van der Waals surface area contributed by atoms with Crippen LogP contribution in [0.4, 0.5) is 0 Å². The summed E-state index contributed by atoms with van der Waals surface area (Å²) < 4.78 is 17.4. The van der Waals surface area contributed by atoms with Crippen molar-refractivity contribution in [2.45, 2.75) is 26.7 Å². The van der Waals surface area contributed by atoms with E-state index in [4.69, 9.17) is 4.74 Å². The zero-order valence-electron chi connectivity index (χ0n) is 9.60. The molecule has 6 heteroatoms. The molecule has 1 saturated heterocycles. The number of carbonyl (C=O) groups excluding carboxylic acids is 1. The van der Waals surface area contributed by atoms with E-state index in [1.54, 1.807) is 6.92 Å². The number of allylic oxidation sites excluding steroid dienone is 1. The topological polar surface area (TPSA) is 43.4 Å². The summed E-state index contributed by atoms with van der Waals surface area (Å²) in [7, 11) is 0. The standard InChI is InChI=1S/C10H17O3PS2/c1-3-5-9(8-10(11)13-4-2)14(12)15-6-7-16-14/h5H,3-4,6-8H2,1-2H3/b9-5-. The molecule has 1 heterocycles. The second-order valence-corrected chi connectivity index (χ2v) is 11.5. The maximum atomic E-state index is 12.5. The Bertz CT molecular complexity index is 318. The van der Waals surface area contributed by atoms with Gasteiger partial charge in [-0.05, 0) is 13.3 Å². The van der Waals surface area contributed by atoms with Gasteiger partial charge in [-0.1, -0.05) is 35.8 Å². The molecule has 16 heavy (non-hydrogen) atoms. The number of rotatable bonds is 5. The summed E-state index contributed by atoms with van der Waals surface area (Å²) in [4.78, 5) is 11.4. The Kier molecular flexibility index (Phi) is 6.01. The van der Waals surface area contributed by atoms with Crippen molar-refractivity contribution >= 4 is 34.3 Å². The molecule has 0 N–H and O–H groups in total. The largest absolute Gasteiger partial charge is 0.466 e. The number of carbonyl (C=O) groups is 1. The minimum atomic E-state index is -2.38. The van der Waals surface area contributed by atoms with Gasteiger partial charge in [0, 0.05) is 16.8 Å². The highest BCUT2D eigenvalue weighted by Crippen LogP contribution is 2.78. The third-order valence-electron chi connectivity index (χ3n) is 2.03. The Balaban J connectivity index is 2.72. The lowest BCUT2D eigenvalue weighted by Gasteiger charge is -2.13.